The lowest BCUT2D eigenvalue weighted by molar-refractivity contribution is -0.384. The van der Waals surface area contributed by atoms with Crippen LogP contribution in [0.1, 0.15) is 40.0 Å². The number of non-ortho nitro benzene ring substituents is 1. The molecule has 0 aliphatic carbocycles. The maximum atomic E-state index is 12.5. The van der Waals surface area contributed by atoms with E-state index in [0.717, 1.165) is 19.3 Å². The van der Waals surface area contributed by atoms with Crippen LogP contribution < -0.4 is 10.9 Å². The lowest BCUT2D eigenvalue weighted by Crippen LogP contribution is -2.37. The fraction of sp³-hybridized carbons (Fsp3) is 0.500. The summed E-state index contributed by atoms with van der Waals surface area (Å²) in [6.45, 7) is 6.14. The maximum absolute atomic E-state index is 12.5. The van der Waals surface area contributed by atoms with Crippen molar-refractivity contribution >= 4 is 22.5 Å². The van der Waals surface area contributed by atoms with Crippen molar-refractivity contribution in [1.82, 2.24) is 14.9 Å². The number of nitrogens with zero attached hydrogens (tertiary/aromatic N) is 3. The Hall–Kier alpha value is -2.77. The van der Waals surface area contributed by atoms with Crippen LogP contribution in [-0.4, -0.2) is 26.4 Å². The number of carbonyl (C=O) groups is 1. The molecule has 1 unspecified atom stereocenters. The molecular formula is C18H24N4O4. The number of nitro benzene ring substituents is 1. The molecule has 1 atom stereocenters. The summed E-state index contributed by atoms with van der Waals surface area (Å²) in [5, 5.41) is 13.9. The lowest BCUT2D eigenvalue weighted by atomic mass is 10.0. The summed E-state index contributed by atoms with van der Waals surface area (Å²) in [4.78, 5) is 38.9. The highest BCUT2D eigenvalue weighted by atomic mass is 16.6. The molecule has 0 spiro atoms. The monoisotopic (exact) mass is 360 g/mol. The Morgan fingerprint density at radius 2 is 2.04 bits per heavy atom. The molecule has 0 aliphatic heterocycles. The molecule has 0 saturated heterocycles. The van der Waals surface area contributed by atoms with Crippen LogP contribution in [0.25, 0.3) is 10.9 Å². The molecule has 26 heavy (non-hydrogen) atoms. The van der Waals surface area contributed by atoms with E-state index in [2.05, 4.69) is 24.1 Å². The van der Waals surface area contributed by atoms with Gasteiger partial charge in [0.15, 0.2) is 0 Å². The molecule has 1 aromatic carbocycles. The molecule has 8 nitrogen and oxygen atoms in total. The molecule has 1 amide bonds. The Labute approximate surface area is 151 Å². The fourth-order valence-corrected chi connectivity index (χ4v) is 2.75. The lowest BCUT2D eigenvalue weighted by Gasteiger charge is -2.15. The molecule has 0 saturated carbocycles. The minimum absolute atomic E-state index is 0.0352. The first-order chi connectivity index (χ1) is 12.3. The summed E-state index contributed by atoms with van der Waals surface area (Å²) < 4.78 is 1.21. The molecule has 1 aromatic heterocycles. The smallest absolute Gasteiger partial charge is 0.271 e. The number of hydrogen-bond donors (Lipinski definition) is 1. The Morgan fingerprint density at radius 1 is 1.31 bits per heavy atom. The van der Waals surface area contributed by atoms with E-state index in [1.807, 2.05) is 6.92 Å². The first kappa shape index (κ1) is 19.6. The van der Waals surface area contributed by atoms with Crippen molar-refractivity contribution in [2.75, 3.05) is 0 Å². The predicted octanol–water partition coefficient (Wildman–Crippen LogP) is 2.64. The van der Waals surface area contributed by atoms with Gasteiger partial charge < -0.3 is 5.32 Å². The van der Waals surface area contributed by atoms with Gasteiger partial charge in [0, 0.05) is 18.2 Å². The van der Waals surface area contributed by atoms with Gasteiger partial charge in [-0.25, -0.2) is 4.98 Å². The second-order valence-corrected chi connectivity index (χ2v) is 6.93. The predicted molar refractivity (Wildman–Crippen MR) is 99.0 cm³/mol. The second kappa shape index (κ2) is 8.55. The molecule has 0 radical (unpaired) electrons. The number of amides is 1. The molecule has 140 valence electrons. The third-order valence-corrected chi connectivity index (χ3v) is 4.16. The normalized spacial score (nSPS) is 12.3. The number of aromatic nitrogens is 2. The van der Waals surface area contributed by atoms with E-state index in [1.165, 1.54) is 29.1 Å². The van der Waals surface area contributed by atoms with Crippen LogP contribution >= 0.6 is 0 Å². The molecule has 1 N–H and O–H groups in total. The highest BCUT2D eigenvalue weighted by Crippen LogP contribution is 2.16. The maximum Gasteiger partial charge on any atom is 0.271 e. The summed E-state index contributed by atoms with van der Waals surface area (Å²) in [5.41, 5.74) is -0.287. The van der Waals surface area contributed by atoms with Crippen LogP contribution in [0.3, 0.4) is 0 Å². The Morgan fingerprint density at radius 3 is 2.69 bits per heavy atom. The zero-order chi connectivity index (χ0) is 19.3. The molecule has 0 fully saturated rings. The summed E-state index contributed by atoms with van der Waals surface area (Å²) in [6.07, 6.45) is 4.28. The molecule has 0 aliphatic rings. The highest BCUT2D eigenvalue weighted by molar-refractivity contribution is 5.80. The molecular weight excluding hydrogens is 336 g/mol. The second-order valence-electron chi connectivity index (χ2n) is 6.93. The first-order valence-corrected chi connectivity index (χ1v) is 8.71. The van der Waals surface area contributed by atoms with Crippen LogP contribution in [0.15, 0.2) is 29.3 Å². The van der Waals surface area contributed by atoms with Crippen molar-refractivity contribution in [2.24, 2.45) is 5.92 Å². The molecule has 1 heterocycles. The van der Waals surface area contributed by atoms with Crippen molar-refractivity contribution in [1.29, 1.82) is 0 Å². The first-order valence-electron chi connectivity index (χ1n) is 8.71. The number of carbonyl (C=O) groups excluding carboxylic acids is 1. The van der Waals surface area contributed by atoms with Crippen molar-refractivity contribution in [3.63, 3.8) is 0 Å². The number of benzene rings is 1. The van der Waals surface area contributed by atoms with Gasteiger partial charge in [0.2, 0.25) is 5.91 Å². The van der Waals surface area contributed by atoms with E-state index >= 15 is 0 Å². The van der Waals surface area contributed by atoms with Gasteiger partial charge in [0.1, 0.15) is 6.54 Å². The van der Waals surface area contributed by atoms with Gasteiger partial charge in [0.25, 0.3) is 11.2 Å². The van der Waals surface area contributed by atoms with E-state index < -0.39 is 10.5 Å². The zero-order valence-corrected chi connectivity index (χ0v) is 15.3. The van der Waals surface area contributed by atoms with E-state index in [9.17, 15) is 19.7 Å². The van der Waals surface area contributed by atoms with Crippen LogP contribution in [0.5, 0.6) is 0 Å². The van der Waals surface area contributed by atoms with Gasteiger partial charge in [-0.15, -0.1) is 0 Å². The number of fused-ring (bicyclic) bond motifs is 1. The quantitative estimate of drug-likeness (QED) is 0.575. The van der Waals surface area contributed by atoms with Crippen molar-refractivity contribution in [3.8, 4) is 0 Å². The fourth-order valence-electron chi connectivity index (χ4n) is 2.75. The Balaban J connectivity index is 2.05. The molecule has 8 heteroatoms. The van der Waals surface area contributed by atoms with E-state index in [0.29, 0.717) is 5.92 Å². The Kier molecular flexibility index (Phi) is 6.43. The summed E-state index contributed by atoms with van der Waals surface area (Å²) in [6, 6.07) is 3.91. The molecule has 2 aromatic rings. The van der Waals surface area contributed by atoms with Crippen LogP contribution in [0.2, 0.25) is 0 Å². The average Bonchev–Trinajstić information content (AvgIpc) is 2.56. The summed E-state index contributed by atoms with van der Waals surface area (Å²) in [7, 11) is 0. The van der Waals surface area contributed by atoms with E-state index in [-0.39, 0.29) is 35.1 Å². The van der Waals surface area contributed by atoms with Gasteiger partial charge in [-0.3, -0.25) is 24.3 Å². The minimum atomic E-state index is -0.541. The third-order valence-electron chi connectivity index (χ3n) is 4.16. The number of hydrogen-bond acceptors (Lipinski definition) is 5. The van der Waals surface area contributed by atoms with Gasteiger partial charge in [-0.1, -0.05) is 26.7 Å². The van der Waals surface area contributed by atoms with Crippen molar-refractivity contribution in [2.45, 2.75) is 52.6 Å². The number of nitro groups is 1. The Bertz CT molecular complexity index is 860. The van der Waals surface area contributed by atoms with Crippen molar-refractivity contribution in [3.05, 3.63) is 45.0 Å². The minimum Gasteiger partial charge on any atom is -0.352 e. The average molecular weight is 360 g/mol. The largest absolute Gasteiger partial charge is 0.352 e. The van der Waals surface area contributed by atoms with Crippen LogP contribution in [0, 0.1) is 16.0 Å². The topological polar surface area (TPSA) is 107 Å². The van der Waals surface area contributed by atoms with Gasteiger partial charge >= 0.3 is 0 Å². The number of nitrogens with one attached hydrogen (secondary N) is 1. The van der Waals surface area contributed by atoms with Gasteiger partial charge in [0.05, 0.1) is 22.2 Å². The van der Waals surface area contributed by atoms with Crippen LogP contribution in [0.4, 0.5) is 5.69 Å². The van der Waals surface area contributed by atoms with Gasteiger partial charge in [-0.2, -0.15) is 0 Å². The van der Waals surface area contributed by atoms with Gasteiger partial charge in [-0.05, 0) is 25.3 Å². The molecule has 2 rings (SSSR count). The van der Waals surface area contributed by atoms with Crippen molar-refractivity contribution < 1.29 is 9.72 Å². The summed E-state index contributed by atoms with van der Waals surface area (Å²) >= 11 is 0. The summed E-state index contributed by atoms with van der Waals surface area (Å²) in [5.74, 6) is 0.378. The van der Waals surface area contributed by atoms with E-state index in [4.69, 9.17) is 0 Å². The van der Waals surface area contributed by atoms with E-state index in [1.54, 1.807) is 0 Å². The SMILES string of the molecule is CC(C)CCCC(C)NC(=O)Cn1cnc2cc([N+](=O)[O-])ccc2c1=O. The zero-order valence-electron chi connectivity index (χ0n) is 15.3. The van der Waals surface area contributed by atoms with Crippen LogP contribution in [-0.2, 0) is 11.3 Å². The number of rotatable bonds is 8. The standard InChI is InChI=1S/C18H24N4O4/c1-12(2)5-4-6-13(3)20-17(23)10-21-11-19-16-9-14(22(25)26)7-8-15(16)18(21)24/h7-9,11-13H,4-6,10H2,1-3H3,(H,20,23). The highest BCUT2D eigenvalue weighted by Gasteiger charge is 2.13. The third kappa shape index (κ3) is 5.11. The molecule has 0 bridgehead atoms.